The molecule has 1 aliphatic rings. The van der Waals surface area contributed by atoms with Crippen LogP contribution in [0.5, 0.6) is 0 Å². The molecule has 1 aromatic carbocycles. The molecular weight excluding hydrogens is 316 g/mol. The van der Waals surface area contributed by atoms with Crippen LogP contribution >= 0.6 is 0 Å². The number of nitrogens with one attached hydrogen (secondary N) is 2. The average molecular weight is 338 g/mol. The summed E-state index contributed by atoms with van der Waals surface area (Å²) in [4.78, 5) is 30.3. The molecule has 6 heteroatoms. The van der Waals surface area contributed by atoms with Crippen molar-refractivity contribution >= 4 is 17.6 Å². The molecule has 1 saturated heterocycles. The van der Waals surface area contributed by atoms with Crippen molar-refractivity contribution in [3.63, 3.8) is 0 Å². The minimum Gasteiger partial charge on any atom is -0.352 e. The van der Waals surface area contributed by atoms with Gasteiger partial charge in [0.25, 0.3) is 5.91 Å². The molecule has 0 radical (unpaired) electrons. The van der Waals surface area contributed by atoms with Gasteiger partial charge in [-0.3, -0.25) is 9.78 Å². The smallest absolute Gasteiger partial charge is 0.322 e. The van der Waals surface area contributed by atoms with Gasteiger partial charge in [0.2, 0.25) is 0 Å². The summed E-state index contributed by atoms with van der Waals surface area (Å²) >= 11 is 0. The molecule has 2 aromatic rings. The molecule has 1 fully saturated rings. The predicted octanol–water partition coefficient (Wildman–Crippen LogP) is 3.20. The van der Waals surface area contributed by atoms with Gasteiger partial charge >= 0.3 is 6.03 Å². The third-order valence-electron chi connectivity index (χ3n) is 4.34. The van der Waals surface area contributed by atoms with E-state index in [1.165, 1.54) is 0 Å². The molecule has 25 heavy (non-hydrogen) atoms. The van der Waals surface area contributed by atoms with E-state index in [1.807, 2.05) is 24.0 Å². The largest absolute Gasteiger partial charge is 0.352 e. The molecule has 0 spiro atoms. The van der Waals surface area contributed by atoms with Crippen molar-refractivity contribution in [2.24, 2.45) is 0 Å². The summed E-state index contributed by atoms with van der Waals surface area (Å²) in [7, 11) is 0. The predicted molar refractivity (Wildman–Crippen MR) is 96.4 cm³/mol. The standard InChI is InChI=1S/C19H22N4O2/c1-2-21-18(24)15-5-7-16(8-6-15)22-19(25)23-13-3-4-17(23)14-9-11-20-12-10-14/h5-12,17H,2-4,13H2,1H3,(H,21,24)(H,22,25). The summed E-state index contributed by atoms with van der Waals surface area (Å²) in [6.45, 7) is 3.19. The van der Waals surface area contributed by atoms with Gasteiger partial charge in [-0.05, 0) is 61.7 Å². The topological polar surface area (TPSA) is 74.3 Å². The Morgan fingerprint density at radius 3 is 2.56 bits per heavy atom. The number of carbonyl (C=O) groups is 2. The van der Waals surface area contributed by atoms with Crippen LogP contribution in [0.3, 0.4) is 0 Å². The van der Waals surface area contributed by atoms with Gasteiger partial charge in [-0.25, -0.2) is 4.79 Å². The highest BCUT2D eigenvalue weighted by Crippen LogP contribution is 2.32. The quantitative estimate of drug-likeness (QED) is 0.899. The third kappa shape index (κ3) is 3.96. The van der Waals surface area contributed by atoms with Crippen LogP contribution in [-0.4, -0.2) is 34.9 Å². The highest BCUT2D eigenvalue weighted by molar-refractivity contribution is 5.95. The van der Waals surface area contributed by atoms with Gasteiger partial charge in [0.05, 0.1) is 6.04 Å². The van der Waals surface area contributed by atoms with E-state index in [0.29, 0.717) is 17.8 Å². The van der Waals surface area contributed by atoms with Gasteiger partial charge in [-0.1, -0.05) is 0 Å². The lowest BCUT2D eigenvalue weighted by Gasteiger charge is -2.25. The second kappa shape index (κ2) is 7.79. The van der Waals surface area contributed by atoms with Crippen LogP contribution in [0, 0.1) is 0 Å². The Kier molecular flexibility index (Phi) is 5.28. The number of nitrogens with zero attached hydrogens (tertiary/aromatic N) is 2. The number of rotatable bonds is 4. The first-order valence-corrected chi connectivity index (χ1v) is 8.55. The van der Waals surface area contributed by atoms with E-state index >= 15 is 0 Å². The average Bonchev–Trinajstić information content (AvgIpc) is 3.13. The summed E-state index contributed by atoms with van der Waals surface area (Å²) in [5, 5.41) is 5.67. The van der Waals surface area contributed by atoms with Gasteiger partial charge < -0.3 is 15.5 Å². The fraction of sp³-hybridized carbons (Fsp3) is 0.316. The fourth-order valence-corrected chi connectivity index (χ4v) is 3.10. The Labute approximate surface area is 147 Å². The van der Waals surface area contributed by atoms with Gasteiger partial charge in [-0.2, -0.15) is 0 Å². The molecule has 0 bridgehead atoms. The van der Waals surface area contributed by atoms with E-state index in [-0.39, 0.29) is 18.0 Å². The Bertz CT molecular complexity index is 731. The Hall–Kier alpha value is -2.89. The number of aromatic nitrogens is 1. The third-order valence-corrected chi connectivity index (χ3v) is 4.34. The van der Waals surface area contributed by atoms with E-state index in [2.05, 4.69) is 15.6 Å². The van der Waals surface area contributed by atoms with Crippen molar-refractivity contribution in [3.8, 4) is 0 Å². The summed E-state index contributed by atoms with van der Waals surface area (Å²) in [5.74, 6) is -0.113. The molecule has 2 N–H and O–H groups in total. The minimum atomic E-state index is -0.120. The van der Waals surface area contributed by atoms with Crippen LogP contribution in [0.25, 0.3) is 0 Å². The van der Waals surface area contributed by atoms with Crippen LogP contribution < -0.4 is 10.6 Å². The van der Waals surface area contributed by atoms with Crippen LogP contribution in [0.15, 0.2) is 48.8 Å². The van der Waals surface area contributed by atoms with Crippen LogP contribution in [0.4, 0.5) is 10.5 Å². The molecule has 1 atom stereocenters. The molecular formula is C19H22N4O2. The zero-order valence-corrected chi connectivity index (χ0v) is 14.2. The molecule has 3 amide bonds. The highest BCUT2D eigenvalue weighted by Gasteiger charge is 2.29. The molecule has 1 aliphatic heterocycles. The van der Waals surface area contributed by atoms with Gasteiger partial charge in [0.1, 0.15) is 0 Å². The van der Waals surface area contributed by atoms with Crippen molar-refractivity contribution in [1.29, 1.82) is 0 Å². The number of anilines is 1. The number of likely N-dealkylation sites (tertiary alicyclic amines) is 1. The zero-order valence-electron chi connectivity index (χ0n) is 14.2. The number of urea groups is 1. The molecule has 130 valence electrons. The summed E-state index contributed by atoms with van der Waals surface area (Å²) in [6.07, 6.45) is 5.44. The molecule has 2 heterocycles. The van der Waals surface area contributed by atoms with Gasteiger partial charge in [0.15, 0.2) is 0 Å². The fourth-order valence-electron chi connectivity index (χ4n) is 3.10. The maximum atomic E-state index is 12.6. The SMILES string of the molecule is CCNC(=O)c1ccc(NC(=O)N2CCCC2c2ccncc2)cc1. The van der Waals surface area contributed by atoms with Crippen molar-refractivity contribution < 1.29 is 9.59 Å². The first kappa shape index (κ1) is 17.0. The maximum absolute atomic E-state index is 12.6. The van der Waals surface area contributed by atoms with Gasteiger partial charge in [0, 0.05) is 36.7 Å². The van der Waals surface area contributed by atoms with Crippen LogP contribution in [0.1, 0.15) is 41.7 Å². The Balaban J connectivity index is 1.66. The lowest BCUT2D eigenvalue weighted by Crippen LogP contribution is -2.34. The lowest BCUT2D eigenvalue weighted by molar-refractivity contribution is 0.0956. The molecule has 1 aromatic heterocycles. The Morgan fingerprint density at radius 1 is 1.16 bits per heavy atom. The van der Waals surface area contributed by atoms with Crippen LogP contribution in [-0.2, 0) is 0 Å². The van der Waals surface area contributed by atoms with E-state index in [0.717, 1.165) is 24.9 Å². The normalized spacial score (nSPS) is 16.5. The van der Waals surface area contributed by atoms with E-state index < -0.39 is 0 Å². The Morgan fingerprint density at radius 2 is 1.88 bits per heavy atom. The number of amides is 3. The van der Waals surface area contributed by atoms with Crippen molar-refractivity contribution in [2.75, 3.05) is 18.4 Å². The number of hydrogen-bond acceptors (Lipinski definition) is 3. The summed E-state index contributed by atoms with van der Waals surface area (Å²) < 4.78 is 0. The minimum absolute atomic E-state index is 0.0811. The zero-order chi connectivity index (χ0) is 17.6. The van der Waals surface area contributed by atoms with E-state index in [9.17, 15) is 9.59 Å². The molecule has 1 unspecified atom stereocenters. The second-order valence-corrected chi connectivity index (χ2v) is 6.00. The molecule has 6 nitrogen and oxygen atoms in total. The summed E-state index contributed by atoms with van der Waals surface area (Å²) in [6, 6.07) is 10.8. The monoisotopic (exact) mass is 338 g/mol. The van der Waals surface area contributed by atoms with E-state index in [1.54, 1.807) is 36.7 Å². The highest BCUT2D eigenvalue weighted by atomic mass is 16.2. The number of benzene rings is 1. The lowest BCUT2D eigenvalue weighted by atomic mass is 10.1. The number of pyridine rings is 1. The van der Waals surface area contributed by atoms with Crippen LogP contribution in [0.2, 0.25) is 0 Å². The molecule has 3 rings (SSSR count). The maximum Gasteiger partial charge on any atom is 0.322 e. The van der Waals surface area contributed by atoms with Crippen molar-refractivity contribution in [3.05, 3.63) is 59.9 Å². The number of hydrogen-bond donors (Lipinski definition) is 2. The van der Waals surface area contributed by atoms with Crippen molar-refractivity contribution in [2.45, 2.75) is 25.8 Å². The van der Waals surface area contributed by atoms with Crippen molar-refractivity contribution in [1.82, 2.24) is 15.2 Å². The summed E-state index contributed by atoms with van der Waals surface area (Å²) in [5.41, 5.74) is 2.36. The van der Waals surface area contributed by atoms with E-state index in [4.69, 9.17) is 0 Å². The molecule has 0 saturated carbocycles. The molecule has 0 aliphatic carbocycles. The first-order valence-electron chi connectivity index (χ1n) is 8.55. The number of carbonyl (C=O) groups excluding carboxylic acids is 2. The first-order chi connectivity index (χ1) is 12.2. The second-order valence-electron chi connectivity index (χ2n) is 6.00. The van der Waals surface area contributed by atoms with Gasteiger partial charge in [-0.15, -0.1) is 0 Å².